The Morgan fingerprint density at radius 1 is 1.40 bits per heavy atom. The summed E-state index contributed by atoms with van der Waals surface area (Å²) in [5, 5.41) is 0. The number of aromatic amines is 1. The molecule has 0 bridgehead atoms. The highest BCUT2D eigenvalue weighted by atomic mass is 32.1. The van der Waals surface area contributed by atoms with Crippen LogP contribution in [0.5, 0.6) is 0 Å². The minimum atomic E-state index is 0.591. The zero-order valence-corrected chi connectivity index (χ0v) is 9.26. The van der Waals surface area contributed by atoms with Crippen LogP contribution in [0.1, 0.15) is 31.7 Å². The van der Waals surface area contributed by atoms with Gasteiger partial charge in [0.2, 0.25) is 0 Å². The minimum absolute atomic E-state index is 0.591. The van der Waals surface area contributed by atoms with E-state index in [1.54, 1.807) is 0 Å². The first kappa shape index (κ1) is 9.09. The fourth-order valence-corrected chi connectivity index (χ4v) is 2.86. The molecular formula is C11H13N3S. The van der Waals surface area contributed by atoms with Crippen LogP contribution in [-0.4, -0.2) is 14.5 Å². The second-order valence-electron chi connectivity index (χ2n) is 4.13. The Kier molecular flexibility index (Phi) is 2.09. The van der Waals surface area contributed by atoms with Crippen LogP contribution in [-0.2, 0) is 0 Å². The van der Waals surface area contributed by atoms with Crippen LogP contribution in [0.2, 0.25) is 0 Å². The largest absolute Gasteiger partial charge is 0.329 e. The first-order valence-electron chi connectivity index (χ1n) is 5.40. The van der Waals surface area contributed by atoms with Gasteiger partial charge in [0.15, 0.2) is 4.77 Å². The van der Waals surface area contributed by atoms with Gasteiger partial charge in [-0.1, -0.05) is 12.8 Å². The van der Waals surface area contributed by atoms with Crippen molar-refractivity contribution in [3.05, 3.63) is 23.2 Å². The van der Waals surface area contributed by atoms with Crippen molar-refractivity contribution in [2.45, 2.75) is 31.7 Å². The molecule has 1 aliphatic carbocycles. The normalized spacial score (nSPS) is 17.6. The first-order chi connectivity index (χ1) is 7.36. The number of hydrogen-bond donors (Lipinski definition) is 1. The number of aromatic nitrogens is 3. The van der Waals surface area contributed by atoms with Gasteiger partial charge >= 0.3 is 0 Å². The molecule has 0 unspecified atom stereocenters. The Balaban J connectivity index is 2.23. The summed E-state index contributed by atoms with van der Waals surface area (Å²) in [5.41, 5.74) is 2.25. The van der Waals surface area contributed by atoms with Crippen molar-refractivity contribution in [2.24, 2.45) is 0 Å². The van der Waals surface area contributed by atoms with Gasteiger partial charge in [0, 0.05) is 12.2 Å². The Hall–Kier alpha value is -1.16. The molecule has 4 heteroatoms. The summed E-state index contributed by atoms with van der Waals surface area (Å²) in [4.78, 5) is 7.32. The van der Waals surface area contributed by atoms with Crippen LogP contribution in [0.3, 0.4) is 0 Å². The molecule has 0 radical (unpaired) electrons. The van der Waals surface area contributed by atoms with Crippen LogP contribution < -0.4 is 0 Å². The van der Waals surface area contributed by atoms with Crippen molar-refractivity contribution in [2.75, 3.05) is 0 Å². The number of nitrogens with one attached hydrogen (secondary N) is 1. The van der Waals surface area contributed by atoms with E-state index in [-0.39, 0.29) is 0 Å². The first-order valence-corrected chi connectivity index (χ1v) is 5.81. The summed E-state index contributed by atoms with van der Waals surface area (Å²) >= 11 is 5.37. The number of rotatable bonds is 1. The van der Waals surface area contributed by atoms with Crippen molar-refractivity contribution in [1.82, 2.24) is 14.5 Å². The molecule has 78 valence electrons. The second kappa shape index (κ2) is 3.45. The predicted molar refractivity (Wildman–Crippen MR) is 62.4 cm³/mol. The third-order valence-corrected chi connectivity index (χ3v) is 3.51. The monoisotopic (exact) mass is 219 g/mol. The van der Waals surface area contributed by atoms with Gasteiger partial charge in [0.05, 0.1) is 17.2 Å². The lowest BCUT2D eigenvalue weighted by Crippen LogP contribution is -2.04. The van der Waals surface area contributed by atoms with E-state index in [1.165, 1.54) is 31.2 Å². The second-order valence-corrected chi connectivity index (χ2v) is 4.52. The van der Waals surface area contributed by atoms with Crippen LogP contribution in [0.4, 0.5) is 0 Å². The number of H-pyrrole nitrogens is 1. The molecule has 1 N–H and O–H groups in total. The Morgan fingerprint density at radius 3 is 3.00 bits per heavy atom. The van der Waals surface area contributed by atoms with Gasteiger partial charge in [-0.25, -0.2) is 0 Å². The van der Waals surface area contributed by atoms with E-state index in [0.717, 1.165) is 10.3 Å². The van der Waals surface area contributed by atoms with Crippen LogP contribution in [0, 0.1) is 4.77 Å². The summed E-state index contributed by atoms with van der Waals surface area (Å²) in [6, 6.07) is 2.63. The van der Waals surface area contributed by atoms with Gasteiger partial charge < -0.3 is 9.55 Å². The molecule has 0 spiro atoms. The Morgan fingerprint density at radius 2 is 2.20 bits per heavy atom. The maximum absolute atomic E-state index is 5.37. The van der Waals surface area contributed by atoms with E-state index in [9.17, 15) is 0 Å². The molecule has 0 aromatic carbocycles. The van der Waals surface area contributed by atoms with Crippen molar-refractivity contribution < 1.29 is 0 Å². The standard InChI is InChI=1S/C11H13N3S/c15-11-13-9-7-12-6-5-10(9)14(11)8-3-1-2-4-8/h5-8H,1-4H2,(H,13,15). The smallest absolute Gasteiger partial charge is 0.178 e. The number of imidazole rings is 1. The van der Waals surface area contributed by atoms with Gasteiger partial charge in [-0.3, -0.25) is 4.98 Å². The number of pyridine rings is 1. The Labute approximate surface area is 93.1 Å². The highest BCUT2D eigenvalue weighted by molar-refractivity contribution is 7.71. The topological polar surface area (TPSA) is 33.6 Å². The van der Waals surface area contributed by atoms with E-state index in [2.05, 4.69) is 14.5 Å². The van der Waals surface area contributed by atoms with Crippen molar-refractivity contribution in [3.8, 4) is 0 Å². The molecule has 1 fully saturated rings. The molecule has 3 nitrogen and oxygen atoms in total. The summed E-state index contributed by atoms with van der Waals surface area (Å²) in [5.74, 6) is 0. The van der Waals surface area contributed by atoms with Gasteiger partial charge in [-0.05, 0) is 31.1 Å². The number of nitrogens with zero attached hydrogens (tertiary/aromatic N) is 2. The molecule has 2 aromatic heterocycles. The maximum atomic E-state index is 5.37. The van der Waals surface area contributed by atoms with E-state index in [0.29, 0.717) is 6.04 Å². The molecule has 2 heterocycles. The van der Waals surface area contributed by atoms with E-state index in [1.807, 2.05) is 18.5 Å². The van der Waals surface area contributed by atoms with Crippen molar-refractivity contribution in [3.63, 3.8) is 0 Å². The molecule has 15 heavy (non-hydrogen) atoms. The van der Waals surface area contributed by atoms with Crippen LogP contribution in [0.15, 0.2) is 18.5 Å². The van der Waals surface area contributed by atoms with Crippen molar-refractivity contribution in [1.29, 1.82) is 0 Å². The quantitative estimate of drug-likeness (QED) is 0.747. The minimum Gasteiger partial charge on any atom is -0.329 e. The SMILES string of the molecule is S=c1[nH]c2cnccc2n1C1CCCC1. The third-order valence-electron chi connectivity index (χ3n) is 3.21. The zero-order chi connectivity index (χ0) is 10.3. The number of fused-ring (bicyclic) bond motifs is 1. The summed E-state index contributed by atoms with van der Waals surface area (Å²) in [7, 11) is 0. The average Bonchev–Trinajstić information content (AvgIpc) is 2.82. The maximum Gasteiger partial charge on any atom is 0.178 e. The van der Waals surface area contributed by atoms with Crippen molar-refractivity contribution >= 4 is 23.3 Å². The summed E-state index contributed by atoms with van der Waals surface area (Å²) in [6.45, 7) is 0. The number of hydrogen-bond acceptors (Lipinski definition) is 2. The van der Waals surface area contributed by atoms with Gasteiger partial charge in [0.25, 0.3) is 0 Å². The highest BCUT2D eigenvalue weighted by Crippen LogP contribution is 2.32. The van der Waals surface area contributed by atoms with Gasteiger partial charge in [0.1, 0.15) is 0 Å². The van der Waals surface area contributed by atoms with Crippen LogP contribution >= 0.6 is 12.2 Å². The fraction of sp³-hybridized carbons (Fsp3) is 0.455. The molecule has 1 aliphatic rings. The predicted octanol–water partition coefficient (Wildman–Crippen LogP) is 3.21. The zero-order valence-electron chi connectivity index (χ0n) is 8.44. The van der Waals surface area contributed by atoms with Gasteiger partial charge in [-0.2, -0.15) is 0 Å². The lowest BCUT2D eigenvalue weighted by molar-refractivity contribution is 0.526. The molecule has 2 aromatic rings. The molecule has 0 atom stereocenters. The third kappa shape index (κ3) is 1.40. The summed E-state index contributed by atoms with van der Waals surface area (Å²) in [6.07, 6.45) is 8.83. The van der Waals surface area contributed by atoms with Gasteiger partial charge in [-0.15, -0.1) is 0 Å². The molecule has 0 saturated heterocycles. The van der Waals surface area contributed by atoms with E-state index >= 15 is 0 Å². The van der Waals surface area contributed by atoms with E-state index < -0.39 is 0 Å². The molecule has 1 saturated carbocycles. The lowest BCUT2D eigenvalue weighted by Gasteiger charge is -2.11. The Bertz CT molecular complexity index is 534. The summed E-state index contributed by atoms with van der Waals surface area (Å²) < 4.78 is 3.10. The average molecular weight is 219 g/mol. The molecular weight excluding hydrogens is 206 g/mol. The lowest BCUT2D eigenvalue weighted by atomic mass is 10.2. The molecule has 0 aliphatic heterocycles. The van der Waals surface area contributed by atoms with Crippen LogP contribution in [0.25, 0.3) is 11.0 Å². The van der Waals surface area contributed by atoms with E-state index in [4.69, 9.17) is 12.2 Å². The molecule has 3 rings (SSSR count). The fourth-order valence-electron chi connectivity index (χ4n) is 2.50. The highest BCUT2D eigenvalue weighted by Gasteiger charge is 2.19. The molecule has 0 amide bonds.